The Balaban J connectivity index is 1.89. The zero-order valence-corrected chi connectivity index (χ0v) is 16.9. The molecule has 2 atom stereocenters. The number of amides is 2. The Morgan fingerprint density at radius 1 is 1.07 bits per heavy atom. The Morgan fingerprint density at radius 3 is 2.37 bits per heavy atom. The summed E-state index contributed by atoms with van der Waals surface area (Å²) in [6.45, 7) is 3.26. The normalized spacial score (nSPS) is 30.1. The van der Waals surface area contributed by atoms with Crippen LogP contribution in [-0.4, -0.2) is 106 Å². The van der Waals surface area contributed by atoms with E-state index in [1.165, 1.54) is 17.7 Å². The molecule has 3 rings (SSSR count). The molecule has 3 aliphatic heterocycles. The second kappa shape index (κ2) is 8.02. The lowest BCUT2D eigenvalue weighted by Gasteiger charge is -2.39. The molecule has 0 unspecified atom stereocenters. The molecule has 10 heteroatoms. The lowest BCUT2D eigenvalue weighted by Crippen LogP contribution is -2.54. The highest BCUT2D eigenvalue weighted by Crippen LogP contribution is 2.46. The second-order valence-corrected chi connectivity index (χ2v) is 9.49. The van der Waals surface area contributed by atoms with Gasteiger partial charge in [0.15, 0.2) is 0 Å². The van der Waals surface area contributed by atoms with Crippen LogP contribution in [0.3, 0.4) is 0 Å². The standard InChI is InChI=1S/C17H29N3O6S/c1-25-13-15(21)18-6-3-14-17(4-7-18,5-8-20(14)27(2,23)24)16(22)19-9-11-26-12-10-19/h14H,3-13H2,1-2H3/t14-,17+/m0/s1. The molecule has 3 heterocycles. The summed E-state index contributed by atoms with van der Waals surface area (Å²) in [7, 11) is -1.96. The third-order valence-corrected chi connectivity index (χ3v) is 7.32. The van der Waals surface area contributed by atoms with Gasteiger partial charge in [0.05, 0.1) is 24.9 Å². The van der Waals surface area contributed by atoms with Gasteiger partial charge in [-0.25, -0.2) is 8.42 Å². The minimum atomic E-state index is -3.43. The van der Waals surface area contributed by atoms with Crippen LogP contribution in [-0.2, 0) is 29.1 Å². The molecule has 0 saturated carbocycles. The van der Waals surface area contributed by atoms with Crippen LogP contribution >= 0.6 is 0 Å². The van der Waals surface area contributed by atoms with Crippen molar-refractivity contribution in [2.24, 2.45) is 5.41 Å². The van der Waals surface area contributed by atoms with Crippen LogP contribution in [0, 0.1) is 5.41 Å². The quantitative estimate of drug-likeness (QED) is 0.606. The first-order valence-corrected chi connectivity index (χ1v) is 11.2. The van der Waals surface area contributed by atoms with Crippen LogP contribution in [0.2, 0.25) is 0 Å². The molecule has 154 valence electrons. The SMILES string of the molecule is COCC(=O)N1CC[C@@H]2N(S(C)(=O)=O)CC[C@]2(C(=O)N2CCOCC2)CC1. The van der Waals surface area contributed by atoms with E-state index in [0.29, 0.717) is 65.2 Å². The van der Waals surface area contributed by atoms with E-state index < -0.39 is 21.5 Å². The number of morpholine rings is 1. The number of hydrogen-bond donors (Lipinski definition) is 0. The van der Waals surface area contributed by atoms with Crippen LogP contribution < -0.4 is 0 Å². The van der Waals surface area contributed by atoms with Gasteiger partial charge in [-0.1, -0.05) is 0 Å². The van der Waals surface area contributed by atoms with Crippen molar-refractivity contribution < 1.29 is 27.5 Å². The van der Waals surface area contributed by atoms with Crippen LogP contribution in [0.5, 0.6) is 0 Å². The fraction of sp³-hybridized carbons (Fsp3) is 0.882. The smallest absolute Gasteiger partial charge is 0.248 e. The first kappa shape index (κ1) is 20.5. The lowest BCUT2D eigenvalue weighted by atomic mass is 9.75. The fourth-order valence-electron chi connectivity index (χ4n) is 4.64. The molecule has 27 heavy (non-hydrogen) atoms. The first-order chi connectivity index (χ1) is 12.8. The first-order valence-electron chi connectivity index (χ1n) is 9.40. The summed E-state index contributed by atoms with van der Waals surface area (Å²) in [5.41, 5.74) is -0.775. The van der Waals surface area contributed by atoms with Gasteiger partial charge in [0.1, 0.15) is 6.61 Å². The van der Waals surface area contributed by atoms with Gasteiger partial charge in [-0.05, 0) is 19.3 Å². The molecular formula is C17H29N3O6S. The third-order valence-electron chi connectivity index (χ3n) is 6.03. The van der Waals surface area contributed by atoms with E-state index in [2.05, 4.69) is 0 Å². The summed E-state index contributed by atoms with van der Waals surface area (Å²) in [5.74, 6) is -0.125. The number of likely N-dealkylation sites (tertiary alicyclic amines) is 1. The molecule has 0 radical (unpaired) electrons. The van der Waals surface area contributed by atoms with Gasteiger partial charge in [-0.15, -0.1) is 0 Å². The maximum absolute atomic E-state index is 13.5. The van der Waals surface area contributed by atoms with Crippen molar-refractivity contribution in [1.29, 1.82) is 0 Å². The molecule has 0 aromatic rings. The molecule has 0 spiro atoms. The topological polar surface area (TPSA) is 96.5 Å². The summed E-state index contributed by atoms with van der Waals surface area (Å²) in [6.07, 6.45) is 2.61. The number of nitrogens with zero attached hydrogens (tertiary/aromatic N) is 3. The Kier molecular flexibility index (Phi) is 6.09. The van der Waals surface area contributed by atoms with Crippen LogP contribution in [0.25, 0.3) is 0 Å². The molecule has 0 aromatic carbocycles. The predicted octanol–water partition coefficient (Wildman–Crippen LogP) is -0.866. The van der Waals surface area contributed by atoms with Crippen molar-refractivity contribution >= 4 is 21.8 Å². The van der Waals surface area contributed by atoms with E-state index in [1.54, 1.807) is 9.80 Å². The van der Waals surface area contributed by atoms with E-state index in [1.807, 2.05) is 0 Å². The van der Waals surface area contributed by atoms with Gasteiger partial charge < -0.3 is 19.3 Å². The zero-order valence-electron chi connectivity index (χ0n) is 16.1. The highest BCUT2D eigenvalue weighted by Gasteiger charge is 2.57. The van der Waals surface area contributed by atoms with Crippen molar-refractivity contribution in [3.8, 4) is 0 Å². The van der Waals surface area contributed by atoms with Crippen LogP contribution in [0.15, 0.2) is 0 Å². The predicted molar refractivity (Wildman–Crippen MR) is 97.5 cm³/mol. The maximum Gasteiger partial charge on any atom is 0.248 e. The van der Waals surface area contributed by atoms with Gasteiger partial charge in [0.2, 0.25) is 21.8 Å². The number of ether oxygens (including phenoxy) is 2. The summed E-state index contributed by atoms with van der Waals surface area (Å²) < 4.78 is 36.5. The Hall–Kier alpha value is -1.23. The average Bonchev–Trinajstić information content (AvgIpc) is 2.92. The van der Waals surface area contributed by atoms with Crippen LogP contribution in [0.4, 0.5) is 0 Å². The lowest BCUT2D eigenvalue weighted by molar-refractivity contribution is -0.148. The van der Waals surface area contributed by atoms with Crippen molar-refractivity contribution in [3.05, 3.63) is 0 Å². The molecular weight excluding hydrogens is 374 g/mol. The molecule has 2 amide bonds. The minimum absolute atomic E-state index is 0.00277. The van der Waals surface area contributed by atoms with E-state index >= 15 is 0 Å². The molecule has 0 bridgehead atoms. The van der Waals surface area contributed by atoms with E-state index in [9.17, 15) is 18.0 Å². The Morgan fingerprint density at radius 2 is 1.74 bits per heavy atom. The fourth-order valence-corrected chi connectivity index (χ4v) is 5.84. The van der Waals surface area contributed by atoms with Gasteiger partial charge in [0.25, 0.3) is 0 Å². The molecule has 3 fully saturated rings. The van der Waals surface area contributed by atoms with Crippen molar-refractivity contribution in [1.82, 2.24) is 14.1 Å². The number of carbonyl (C=O) groups is 2. The molecule has 9 nitrogen and oxygen atoms in total. The Bertz CT molecular complexity index is 678. The minimum Gasteiger partial charge on any atom is -0.378 e. The van der Waals surface area contributed by atoms with E-state index in [0.717, 1.165) is 0 Å². The van der Waals surface area contributed by atoms with E-state index in [-0.39, 0.29) is 18.4 Å². The number of hydrogen-bond acceptors (Lipinski definition) is 6. The van der Waals surface area contributed by atoms with Crippen molar-refractivity contribution in [2.75, 3.05) is 65.9 Å². The molecule has 0 N–H and O–H groups in total. The van der Waals surface area contributed by atoms with Gasteiger partial charge >= 0.3 is 0 Å². The van der Waals surface area contributed by atoms with Crippen LogP contribution in [0.1, 0.15) is 19.3 Å². The van der Waals surface area contributed by atoms with Crippen molar-refractivity contribution in [2.45, 2.75) is 25.3 Å². The molecule has 3 aliphatic rings. The average molecular weight is 404 g/mol. The monoisotopic (exact) mass is 403 g/mol. The van der Waals surface area contributed by atoms with Crippen molar-refractivity contribution in [3.63, 3.8) is 0 Å². The second-order valence-electron chi connectivity index (χ2n) is 7.55. The summed E-state index contributed by atoms with van der Waals surface area (Å²) in [5, 5.41) is 0. The number of fused-ring (bicyclic) bond motifs is 1. The molecule has 0 aliphatic carbocycles. The summed E-state index contributed by atoms with van der Waals surface area (Å²) in [6, 6.07) is -0.414. The summed E-state index contributed by atoms with van der Waals surface area (Å²) in [4.78, 5) is 29.3. The van der Waals surface area contributed by atoms with Gasteiger partial charge in [-0.2, -0.15) is 4.31 Å². The maximum atomic E-state index is 13.5. The number of sulfonamides is 1. The zero-order chi connectivity index (χ0) is 19.7. The molecule has 3 saturated heterocycles. The third kappa shape index (κ3) is 3.98. The van der Waals surface area contributed by atoms with Gasteiger partial charge in [0, 0.05) is 45.9 Å². The number of rotatable bonds is 4. The highest BCUT2D eigenvalue weighted by molar-refractivity contribution is 7.88. The number of carbonyl (C=O) groups excluding carboxylic acids is 2. The Labute approximate surface area is 160 Å². The summed E-state index contributed by atoms with van der Waals surface area (Å²) >= 11 is 0. The largest absolute Gasteiger partial charge is 0.378 e. The highest BCUT2D eigenvalue weighted by atomic mass is 32.2. The van der Waals surface area contributed by atoms with E-state index in [4.69, 9.17) is 9.47 Å². The molecule has 0 aromatic heterocycles. The van der Waals surface area contributed by atoms with Gasteiger partial charge in [-0.3, -0.25) is 9.59 Å². The number of methoxy groups -OCH3 is 1.